The molecule has 0 heterocycles. The lowest BCUT2D eigenvalue weighted by molar-refractivity contribution is 0.0912. The summed E-state index contributed by atoms with van der Waals surface area (Å²) < 4.78 is 32.3. The van der Waals surface area contributed by atoms with Gasteiger partial charge in [0, 0.05) is 11.1 Å². The van der Waals surface area contributed by atoms with Gasteiger partial charge in [0.1, 0.15) is 0 Å². The van der Waals surface area contributed by atoms with Crippen molar-refractivity contribution < 1.29 is 48.2 Å². The first-order chi connectivity index (χ1) is 22.7. The van der Waals surface area contributed by atoms with Crippen molar-refractivity contribution in [2.24, 2.45) is 0 Å². The Balaban J connectivity index is 1.15. The van der Waals surface area contributed by atoms with Crippen LogP contribution in [-0.4, -0.2) is 63.4 Å². The quantitative estimate of drug-likeness (QED) is 0.143. The number of phenolic OH excluding ortho intramolecular Hbond substituents is 2. The van der Waals surface area contributed by atoms with Gasteiger partial charge in [-0.05, 0) is 103 Å². The Morgan fingerprint density at radius 2 is 0.936 bits per heavy atom. The van der Waals surface area contributed by atoms with Crippen LogP contribution in [0, 0.1) is 0 Å². The van der Waals surface area contributed by atoms with Crippen molar-refractivity contribution in [3.05, 3.63) is 95.1 Å². The van der Waals surface area contributed by atoms with Crippen molar-refractivity contribution >= 4 is 11.6 Å². The molecule has 0 spiro atoms. The van der Waals surface area contributed by atoms with Crippen molar-refractivity contribution in [1.82, 2.24) is 0 Å². The highest BCUT2D eigenvalue weighted by Gasteiger charge is 2.28. The minimum atomic E-state index is -0.266. The van der Waals surface area contributed by atoms with Gasteiger partial charge in [0.2, 0.25) is 0 Å². The van der Waals surface area contributed by atoms with Gasteiger partial charge >= 0.3 is 0 Å². The molecule has 10 nitrogen and oxygen atoms in total. The van der Waals surface area contributed by atoms with Crippen LogP contribution in [0.2, 0.25) is 0 Å². The topological polar surface area (TPSA) is 130 Å². The van der Waals surface area contributed by atoms with Crippen LogP contribution < -0.4 is 28.4 Å². The summed E-state index contributed by atoms with van der Waals surface area (Å²) >= 11 is 0. The van der Waals surface area contributed by atoms with Crippen LogP contribution in [0.5, 0.6) is 46.0 Å². The molecule has 1 saturated carbocycles. The number of carbonyl (C=O) groups excluding carboxylic acids is 2. The fourth-order valence-corrected chi connectivity index (χ4v) is 5.88. The molecule has 4 aromatic rings. The molecule has 1 fully saturated rings. The molecule has 0 unspecified atom stereocenters. The van der Waals surface area contributed by atoms with Gasteiger partial charge in [0.25, 0.3) is 0 Å². The van der Waals surface area contributed by atoms with Crippen molar-refractivity contribution in [1.29, 1.82) is 0 Å². The molecule has 246 valence electrons. The monoisotopic (exact) mass is 642 g/mol. The van der Waals surface area contributed by atoms with Crippen molar-refractivity contribution in [3.63, 3.8) is 0 Å². The van der Waals surface area contributed by atoms with Gasteiger partial charge in [-0.15, -0.1) is 0 Å². The maximum Gasteiger partial charge on any atom is 0.200 e. The number of hydrogen-bond donors (Lipinski definition) is 2. The lowest BCUT2D eigenvalue weighted by atomic mass is 9.92. The standard InChI is InChI=1S/C37H38O10/c1-42-34-13-9-26(18-36(34)44-3)30(40)20-46-32-11-7-24(16-28(32)38)22-5-6-23(15-22)25-8-12-33(29(39)17-25)47-21-31(41)27-10-14-35(43-2)37(19-27)45-4/h7-14,16-19,22-23,38-39H,5-6,15,20-21H2,1-4H3/t22-,23+. The van der Waals surface area contributed by atoms with E-state index in [0.717, 1.165) is 30.4 Å². The molecule has 0 bridgehead atoms. The number of rotatable bonds is 14. The molecule has 0 aliphatic heterocycles. The number of ether oxygens (including phenoxy) is 6. The van der Waals surface area contributed by atoms with E-state index in [1.165, 1.54) is 28.4 Å². The molecule has 47 heavy (non-hydrogen) atoms. The zero-order valence-corrected chi connectivity index (χ0v) is 26.8. The van der Waals surface area contributed by atoms with Gasteiger partial charge in [-0.25, -0.2) is 0 Å². The van der Waals surface area contributed by atoms with Gasteiger partial charge in [0.15, 0.2) is 70.8 Å². The Hall–Kier alpha value is -5.38. The third-order valence-electron chi connectivity index (χ3n) is 8.47. The number of phenols is 2. The first-order valence-electron chi connectivity index (χ1n) is 15.2. The summed E-state index contributed by atoms with van der Waals surface area (Å²) in [5, 5.41) is 21.4. The molecule has 1 aliphatic rings. The minimum Gasteiger partial charge on any atom is -0.504 e. The Morgan fingerprint density at radius 1 is 0.553 bits per heavy atom. The zero-order valence-electron chi connectivity index (χ0n) is 26.8. The summed E-state index contributed by atoms with van der Waals surface area (Å²) in [4.78, 5) is 25.4. The third kappa shape index (κ3) is 7.54. The lowest BCUT2D eigenvalue weighted by Gasteiger charge is -2.15. The van der Waals surface area contributed by atoms with Crippen LogP contribution in [-0.2, 0) is 0 Å². The number of ketones is 2. The van der Waals surface area contributed by atoms with Crippen molar-refractivity contribution in [2.45, 2.75) is 31.1 Å². The number of carbonyl (C=O) groups is 2. The van der Waals surface area contributed by atoms with Gasteiger partial charge in [-0.3, -0.25) is 9.59 Å². The summed E-state index contributed by atoms with van der Waals surface area (Å²) in [6.07, 6.45) is 2.64. The van der Waals surface area contributed by atoms with E-state index in [0.29, 0.717) is 34.1 Å². The van der Waals surface area contributed by atoms with E-state index in [1.807, 2.05) is 12.1 Å². The smallest absolute Gasteiger partial charge is 0.200 e. The third-order valence-corrected chi connectivity index (χ3v) is 8.47. The predicted molar refractivity (Wildman–Crippen MR) is 174 cm³/mol. The Morgan fingerprint density at radius 3 is 1.30 bits per heavy atom. The van der Waals surface area contributed by atoms with E-state index in [1.54, 1.807) is 60.7 Å². The van der Waals surface area contributed by atoms with E-state index in [4.69, 9.17) is 28.4 Å². The summed E-state index contributed by atoms with van der Waals surface area (Å²) in [5.74, 6) is 2.17. The number of benzene rings is 4. The first kappa shape index (κ1) is 33.0. The predicted octanol–water partition coefficient (Wildman–Crippen LogP) is 6.71. The van der Waals surface area contributed by atoms with E-state index >= 15 is 0 Å². The van der Waals surface area contributed by atoms with E-state index in [2.05, 4.69) is 0 Å². The van der Waals surface area contributed by atoms with Gasteiger partial charge in [0.05, 0.1) is 28.4 Å². The summed E-state index contributed by atoms with van der Waals surface area (Å²) in [5.41, 5.74) is 2.76. The molecule has 2 N–H and O–H groups in total. The Kier molecular flexibility index (Phi) is 10.4. The average Bonchev–Trinajstić information content (AvgIpc) is 3.60. The number of hydrogen-bond acceptors (Lipinski definition) is 10. The fraction of sp³-hybridized carbons (Fsp3) is 0.297. The largest absolute Gasteiger partial charge is 0.504 e. The molecule has 5 rings (SSSR count). The lowest BCUT2D eigenvalue weighted by Crippen LogP contribution is -2.12. The highest BCUT2D eigenvalue weighted by atomic mass is 16.5. The minimum absolute atomic E-state index is 0.0344. The van der Waals surface area contributed by atoms with Gasteiger partial charge < -0.3 is 38.6 Å². The second-order valence-corrected chi connectivity index (χ2v) is 11.2. The van der Waals surface area contributed by atoms with Crippen molar-refractivity contribution in [2.75, 3.05) is 41.7 Å². The van der Waals surface area contributed by atoms with Gasteiger partial charge in [-0.2, -0.15) is 0 Å². The molecule has 0 radical (unpaired) electrons. The fourth-order valence-electron chi connectivity index (χ4n) is 5.88. The molecule has 0 saturated heterocycles. The van der Waals surface area contributed by atoms with E-state index in [-0.39, 0.29) is 59.6 Å². The highest BCUT2D eigenvalue weighted by molar-refractivity contribution is 5.98. The normalized spacial score (nSPS) is 15.5. The van der Waals surface area contributed by atoms with E-state index in [9.17, 15) is 19.8 Å². The number of methoxy groups -OCH3 is 4. The molecule has 2 atom stereocenters. The van der Waals surface area contributed by atoms with Crippen LogP contribution in [0.15, 0.2) is 72.8 Å². The second kappa shape index (κ2) is 14.8. The highest BCUT2D eigenvalue weighted by Crippen LogP contribution is 2.46. The summed E-state index contributed by atoms with van der Waals surface area (Å²) in [6, 6.07) is 20.3. The maximum absolute atomic E-state index is 12.7. The molecule has 10 heteroatoms. The SMILES string of the molecule is COc1ccc(C(=O)COc2ccc([C@@H]3CC[C@H](c4ccc(OCC(=O)c5ccc(OC)c(OC)c5)c(O)c4)C3)cc2O)cc1OC. The maximum atomic E-state index is 12.7. The molecular formula is C37H38O10. The molecule has 1 aliphatic carbocycles. The Bertz CT molecular complexity index is 1620. The zero-order chi connectivity index (χ0) is 33.5. The average molecular weight is 643 g/mol. The van der Waals surface area contributed by atoms with Crippen LogP contribution >= 0.6 is 0 Å². The van der Waals surface area contributed by atoms with Gasteiger partial charge in [-0.1, -0.05) is 12.1 Å². The van der Waals surface area contributed by atoms with Crippen LogP contribution in [0.1, 0.15) is 62.9 Å². The summed E-state index contributed by atoms with van der Waals surface area (Å²) in [7, 11) is 6.04. The van der Waals surface area contributed by atoms with Crippen LogP contribution in [0.3, 0.4) is 0 Å². The van der Waals surface area contributed by atoms with Crippen LogP contribution in [0.4, 0.5) is 0 Å². The molecule has 0 aromatic heterocycles. The number of aromatic hydroxyl groups is 2. The molecule has 4 aromatic carbocycles. The van der Waals surface area contributed by atoms with Crippen molar-refractivity contribution in [3.8, 4) is 46.0 Å². The first-order valence-corrected chi connectivity index (χ1v) is 15.2. The number of Topliss-reactive ketones (excluding diaryl/α,β-unsaturated/α-hetero) is 2. The van der Waals surface area contributed by atoms with Crippen LogP contribution in [0.25, 0.3) is 0 Å². The van der Waals surface area contributed by atoms with E-state index < -0.39 is 0 Å². The Labute approximate surface area is 273 Å². The second-order valence-electron chi connectivity index (χ2n) is 11.2. The summed E-state index contributed by atoms with van der Waals surface area (Å²) in [6.45, 7) is -0.497. The molecule has 0 amide bonds. The molecular weight excluding hydrogens is 604 g/mol.